The van der Waals surface area contributed by atoms with Crippen LogP contribution in [0.5, 0.6) is 0 Å². The number of piperidine rings is 1. The zero-order valence-electron chi connectivity index (χ0n) is 12.1. The van der Waals surface area contributed by atoms with Crippen LogP contribution in [0.3, 0.4) is 0 Å². The quantitative estimate of drug-likeness (QED) is 0.792. The van der Waals surface area contributed by atoms with Crippen LogP contribution in [0.15, 0.2) is 0 Å². The van der Waals surface area contributed by atoms with Crippen LogP contribution < -0.4 is 0 Å². The predicted octanol–water partition coefficient (Wildman–Crippen LogP) is 0.474. The largest absolute Gasteiger partial charge is 0.386 e. The molecule has 1 N–H and O–H groups in total. The van der Waals surface area contributed by atoms with E-state index in [4.69, 9.17) is 0 Å². The van der Waals surface area contributed by atoms with E-state index < -0.39 is 5.60 Å². The summed E-state index contributed by atoms with van der Waals surface area (Å²) < 4.78 is 0. The van der Waals surface area contributed by atoms with Gasteiger partial charge in [0.05, 0.1) is 19.0 Å². The van der Waals surface area contributed by atoms with Crippen LogP contribution in [0.25, 0.3) is 0 Å². The van der Waals surface area contributed by atoms with Crippen molar-refractivity contribution in [2.45, 2.75) is 39.2 Å². The maximum atomic E-state index is 12.3. The summed E-state index contributed by atoms with van der Waals surface area (Å²) in [5.74, 6) is 0.210. The summed E-state index contributed by atoms with van der Waals surface area (Å²) in [6.07, 6.45) is 1.73. The van der Waals surface area contributed by atoms with Gasteiger partial charge in [-0.15, -0.1) is 0 Å². The molecule has 1 unspecified atom stereocenters. The first-order valence-corrected chi connectivity index (χ1v) is 7.10. The molecule has 2 rings (SSSR count). The lowest BCUT2D eigenvalue weighted by atomic mass is 9.81. The van der Waals surface area contributed by atoms with Crippen LogP contribution in [0.2, 0.25) is 0 Å². The molecule has 2 saturated heterocycles. The van der Waals surface area contributed by atoms with E-state index in [1.807, 2.05) is 13.8 Å². The number of rotatable bonds is 2. The second-order valence-electron chi connectivity index (χ2n) is 6.26. The predicted molar refractivity (Wildman–Crippen MR) is 71.3 cm³/mol. The van der Waals surface area contributed by atoms with E-state index in [-0.39, 0.29) is 23.7 Å². The third kappa shape index (κ3) is 2.76. The van der Waals surface area contributed by atoms with Crippen molar-refractivity contribution in [1.29, 1.82) is 0 Å². The highest BCUT2D eigenvalue weighted by atomic mass is 16.3. The van der Waals surface area contributed by atoms with Gasteiger partial charge >= 0.3 is 0 Å². The van der Waals surface area contributed by atoms with Crippen LogP contribution in [0, 0.1) is 11.8 Å². The molecule has 2 amide bonds. The van der Waals surface area contributed by atoms with Gasteiger partial charge in [0.15, 0.2) is 0 Å². The van der Waals surface area contributed by atoms with Gasteiger partial charge in [0.25, 0.3) is 0 Å². The van der Waals surface area contributed by atoms with Gasteiger partial charge in [-0.2, -0.15) is 0 Å². The maximum Gasteiger partial charge on any atom is 0.227 e. The number of amides is 2. The molecular formula is C14H24N2O3. The molecule has 0 aliphatic carbocycles. The second-order valence-corrected chi connectivity index (χ2v) is 6.26. The zero-order valence-corrected chi connectivity index (χ0v) is 12.1. The Morgan fingerprint density at radius 3 is 2.42 bits per heavy atom. The van der Waals surface area contributed by atoms with Gasteiger partial charge < -0.3 is 14.9 Å². The monoisotopic (exact) mass is 268 g/mol. The molecule has 2 aliphatic heterocycles. The van der Waals surface area contributed by atoms with Gasteiger partial charge in [-0.1, -0.05) is 13.8 Å². The van der Waals surface area contributed by atoms with E-state index in [9.17, 15) is 14.7 Å². The molecule has 0 radical (unpaired) electrons. The van der Waals surface area contributed by atoms with Crippen LogP contribution in [-0.2, 0) is 9.59 Å². The summed E-state index contributed by atoms with van der Waals surface area (Å²) in [7, 11) is 0. The number of likely N-dealkylation sites (tertiary alicyclic amines) is 2. The molecule has 0 bridgehead atoms. The Morgan fingerprint density at radius 1 is 1.26 bits per heavy atom. The maximum absolute atomic E-state index is 12.3. The normalized spacial score (nSPS) is 26.3. The SMILES string of the molecule is CC(=O)N1CCCC(C(=O)N2CC(O)(C(C)C)C2)C1. The number of carbonyl (C=O) groups is 2. The lowest BCUT2D eigenvalue weighted by molar-refractivity contribution is -0.169. The number of carbonyl (C=O) groups excluding carboxylic acids is 2. The topological polar surface area (TPSA) is 60.9 Å². The molecule has 0 aromatic heterocycles. The molecule has 1 atom stereocenters. The first kappa shape index (κ1) is 14.3. The lowest BCUT2D eigenvalue weighted by Gasteiger charge is -2.50. The smallest absolute Gasteiger partial charge is 0.227 e. The van der Waals surface area contributed by atoms with Gasteiger partial charge in [0.1, 0.15) is 5.60 Å². The standard InChI is InChI=1S/C14H24N2O3/c1-10(2)14(19)8-16(9-14)13(18)12-5-4-6-15(7-12)11(3)17/h10,12,19H,4-9H2,1-3H3. The third-order valence-electron chi connectivity index (χ3n) is 4.53. The molecular weight excluding hydrogens is 244 g/mol. The molecule has 0 aromatic rings. The Bertz CT molecular complexity index is 375. The highest BCUT2D eigenvalue weighted by molar-refractivity contribution is 5.81. The van der Waals surface area contributed by atoms with Crippen molar-refractivity contribution in [3.05, 3.63) is 0 Å². The van der Waals surface area contributed by atoms with Gasteiger partial charge in [-0.3, -0.25) is 9.59 Å². The molecule has 108 valence electrons. The Hall–Kier alpha value is -1.10. The molecule has 2 aliphatic rings. The first-order valence-electron chi connectivity index (χ1n) is 7.10. The number of nitrogens with zero attached hydrogens (tertiary/aromatic N) is 2. The third-order valence-corrected chi connectivity index (χ3v) is 4.53. The van der Waals surface area contributed by atoms with E-state index in [0.29, 0.717) is 19.6 Å². The first-order chi connectivity index (χ1) is 8.83. The van der Waals surface area contributed by atoms with Crippen LogP contribution in [0.1, 0.15) is 33.6 Å². The summed E-state index contributed by atoms with van der Waals surface area (Å²) >= 11 is 0. The van der Waals surface area contributed by atoms with Crippen molar-refractivity contribution in [2.24, 2.45) is 11.8 Å². The van der Waals surface area contributed by atoms with Crippen molar-refractivity contribution in [3.8, 4) is 0 Å². The summed E-state index contributed by atoms with van der Waals surface area (Å²) in [5, 5.41) is 10.2. The fraction of sp³-hybridized carbons (Fsp3) is 0.857. The Labute approximate surface area is 114 Å². The number of hydrogen-bond acceptors (Lipinski definition) is 3. The van der Waals surface area contributed by atoms with Crippen molar-refractivity contribution < 1.29 is 14.7 Å². The van der Waals surface area contributed by atoms with Crippen molar-refractivity contribution in [1.82, 2.24) is 9.80 Å². The highest BCUT2D eigenvalue weighted by Crippen LogP contribution is 2.31. The Kier molecular flexibility index (Phi) is 3.85. The van der Waals surface area contributed by atoms with Crippen molar-refractivity contribution in [3.63, 3.8) is 0 Å². The van der Waals surface area contributed by atoms with Crippen molar-refractivity contribution in [2.75, 3.05) is 26.2 Å². The minimum absolute atomic E-state index is 0.0415. The number of hydrogen-bond donors (Lipinski definition) is 1. The summed E-state index contributed by atoms with van der Waals surface area (Å²) in [5.41, 5.74) is -0.718. The molecule has 0 spiro atoms. The van der Waals surface area contributed by atoms with Gasteiger partial charge in [-0.25, -0.2) is 0 Å². The number of β-amino-alcohol motifs (C(OH)–C–C–N with tert-alkyl or cyclic N) is 1. The van der Waals surface area contributed by atoms with E-state index in [2.05, 4.69) is 0 Å². The summed E-state index contributed by atoms with van der Waals surface area (Å²) in [6, 6.07) is 0. The molecule has 0 saturated carbocycles. The fourth-order valence-electron chi connectivity index (χ4n) is 2.86. The molecule has 2 heterocycles. The van der Waals surface area contributed by atoms with Crippen molar-refractivity contribution >= 4 is 11.8 Å². The lowest BCUT2D eigenvalue weighted by Crippen LogP contribution is -2.67. The Morgan fingerprint density at radius 2 is 1.89 bits per heavy atom. The summed E-state index contributed by atoms with van der Waals surface area (Å²) in [6.45, 7) is 7.65. The average molecular weight is 268 g/mol. The molecule has 2 fully saturated rings. The van der Waals surface area contributed by atoms with Crippen LogP contribution in [-0.4, -0.2) is 58.5 Å². The van der Waals surface area contributed by atoms with E-state index in [1.165, 1.54) is 0 Å². The van der Waals surface area contributed by atoms with Gasteiger partial charge in [-0.05, 0) is 18.8 Å². The van der Waals surface area contributed by atoms with E-state index in [1.54, 1.807) is 16.7 Å². The van der Waals surface area contributed by atoms with Crippen LogP contribution >= 0.6 is 0 Å². The second kappa shape index (κ2) is 5.12. The Balaban J connectivity index is 1.90. The number of aliphatic hydroxyl groups is 1. The van der Waals surface area contributed by atoms with E-state index >= 15 is 0 Å². The van der Waals surface area contributed by atoms with Crippen LogP contribution in [0.4, 0.5) is 0 Å². The highest BCUT2D eigenvalue weighted by Gasteiger charge is 2.47. The summed E-state index contributed by atoms with van der Waals surface area (Å²) in [4.78, 5) is 27.2. The van der Waals surface area contributed by atoms with E-state index in [0.717, 1.165) is 19.4 Å². The average Bonchev–Trinajstić information content (AvgIpc) is 2.34. The molecule has 5 heteroatoms. The molecule has 19 heavy (non-hydrogen) atoms. The molecule has 0 aromatic carbocycles. The minimum atomic E-state index is -0.718. The minimum Gasteiger partial charge on any atom is -0.386 e. The fourth-order valence-corrected chi connectivity index (χ4v) is 2.86. The molecule has 5 nitrogen and oxygen atoms in total. The van der Waals surface area contributed by atoms with Gasteiger partial charge in [0, 0.05) is 20.0 Å². The van der Waals surface area contributed by atoms with Gasteiger partial charge in [0.2, 0.25) is 11.8 Å². The zero-order chi connectivity index (χ0) is 14.2.